The molecule has 0 heterocycles. The average molecular weight is 250 g/mol. The molecule has 0 spiro atoms. The molecule has 0 unspecified atom stereocenters. The number of hydrogen-bond acceptors (Lipinski definition) is 3. The summed E-state index contributed by atoms with van der Waals surface area (Å²) in [7, 11) is 0. The van der Waals surface area contributed by atoms with Crippen molar-refractivity contribution in [1.29, 1.82) is 0 Å². The van der Waals surface area contributed by atoms with Gasteiger partial charge in [0, 0.05) is 0 Å². The lowest BCUT2D eigenvalue weighted by Gasteiger charge is -2.16. The number of rotatable bonds is 4. The van der Waals surface area contributed by atoms with Crippen LogP contribution in [0.2, 0.25) is 0 Å². The van der Waals surface area contributed by atoms with E-state index in [9.17, 15) is 4.79 Å². The van der Waals surface area contributed by atoms with E-state index in [0.29, 0.717) is 12.2 Å². The molecule has 3 nitrogen and oxygen atoms in total. The molecule has 0 atom stereocenters. The Hall–Kier alpha value is -1.35. The summed E-state index contributed by atoms with van der Waals surface area (Å²) < 4.78 is 0. The molecular weight excluding hydrogens is 228 g/mol. The van der Waals surface area contributed by atoms with Gasteiger partial charge in [0.2, 0.25) is 0 Å². The van der Waals surface area contributed by atoms with Gasteiger partial charge in [0.25, 0.3) is 0 Å². The van der Waals surface area contributed by atoms with Crippen molar-refractivity contribution in [2.45, 2.75) is 48.0 Å². The summed E-state index contributed by atoms with van der Waals surface area (Å²) in [5.74, 6) is -0.398. The normalized spacial score (nSPS) is 10.6. The summed E-state index contributed by atoms with van der Waals surface area (Å²) in [6.07, 6.45) is 0.817. The van der Waals surface area contributed by atoms with Crippen molar-refractivity contribution in [2.24, 2.45) is 0 Å². The van der Waals surface area contributed by atoms with Gasteiger partial charge in [0.05, 0.1) is 12.2 Å². The highest BCUT2D eigenvalue weighted by molar-refractivity contribution is 5.93. The van der Waals surface area contributed by atoms with Crippen LogP contribution in [0.15, 0.2) is 0 Å². The smallest absolute Gasteiger partial charge is 0.293 e. The van der Waals surface area contributed by atoms with E-state index in [1.165, 1.54) is 5.56 Å². The Morgan fingerprint density at radius 1 is 0.889 bits per heavy atom. The highest BCUT2D eigenvalue weighted by Gasteiger charge is 2.19. The molecule has 1 aromatic carbocycles. The van der Waals surface area contributed by atoms with E-state index in [4.69, 9.17) is 9.78 Å². The van der Waals surface area contributed by atoms with Crippen LogP contribution >= 0.6 is 0 Å². The van der Waals surface area contributed by atoms with E-state index in [2.05, 4.69) is 6.92 Å². The van der Waals surface area contributed by atoms with E-state index in [1.54, 1.807) is 0 Å². The Kier molecular flexibility index (Phi) is 4.91. The molecule has 1 rings (SSSR count). The maximum atomic E-state index is 12.0. The Labute approximate surface area is 109 Å². The van der Waals surface area contributed by atoms with Crippen molar-refractivity contribution in [3.63, 3.8) is 0 Å². The predicted octanol–water partition coefficient (Wildman–Crippen LogP) is 3.73. The van der Waals surface area contributed by atoms with Crippen LogP contribution < -0.4 is 0 Å². The summed E-state index contributed by atoms with van der Waals surface area (Å²) in [5, 5.41) is 0. The molecule has 100 valence electrons. The van der Waals surface area contributed by atoms with E-state index >= 15 is 0 Å². The first-order valence-corrected chi connectivity index (χ1v) is 6.32. The van der Waals surface area contributed by atoms with Crippen molar-refractivity contribution < 1.29 is 14.6 Å². The van der Waals surface area contributed by atoms with Gasteiger partial charge < -0.3 is 0 Å². The number of benzene rings is 1. The highest BCUT2D eigenvalue weighted by atomic mass is 17.2. The van der Waals surface area contributed by atoms with Gasteiger partial charge in [-0.1, -0.05) is 6.92 Å². The van der Waals surface area contributed by atoms with Gasteiger partial charge >= 0.3 is 5.97 Å². The van der Waals surface area contributed by atoms with Gasteiger partial charge in [-0.05, 0) is 68.9 Å². The van der Waals surface area contributed by atoms with E-state index in [0.717, 1.165) is 28.7 Å². The van der Waals surface area contributed by atoms with Crippen LogP contribution in [-0.4, -0.2) is 12.6 Å². The van der Waals surface area contributed by atoms with Gasteiger partial charge in [0.1, 0.15) is 0 Å². The molecule has 0 amide bonds. The maximum Gasteiger partial charge on any atom is 0.373 e. The molecule has 0 aliphatic rings. The lowest BCUT2D eigenvalue weighted by molar-refractivity contribution is -0.240. The van der Waals surface area contributed by atoms with Gasteiger partial charge in [-0.15, -0.1) is 0 Å². The zero-order chi connectivity index (χ0) is 13.9. The average Bonchev–Trinajstić information content (AvgIpc) is 2.34. The fourth-order valence-corrected chi connectivity index (χ4v) is 2.03. The summed E-state index contributed by atoms with van der Waals surface area (Å²) in [6.45, 7) is 12.4. The van der Waals surface area contributed by atoms with Gasteiger partial charge in [-0.3, -0.25) is 4.89 Å². The highest BCUT2D eigenvalue weighted by Crippen LogP contribution is 2.26. The second-order valence-electron chi connectivity index (χ2n) is 4.69. The van der Waals surface area contributed by atoms with Crippen LogP contribution in [-0.2, 0) is 9.78 Å². The van der Waals surface area contributed by atoms with Crippen molar-refractivity contribution in [2.75, 3.05) is 6.61 Å². The number of hydrogen-bond donors (Lipinski definition) is 0. The Morgan fingerprint density at radius 3 is 1.78 bits per heavy atom. The zero-order valence-electron chi connectivity index (χ0n) is 12.1. The monoisotopic (exact) mass is 250 g/mol. The summed E-state index contributed by atoms with van der Waals surface area (Å²) in [4.78, 5) is 21.7. The second-order valence-corrected chi connectivity index (χ2v) is 4.69. The molecule has 0 saturated carbocycles. The topological polar surface area (TPSA) is 35.5 Å². The van der Waals surface area contributed by atoms with Gasteiger partial charge in [0.15, 0.2) is 0 Å². The van der Waals surface area contributed by atoms with Gasteiger partial charge in [-0.25, -0.2) is 4.79 Å². The van der Waals surface area contributed by atoms with Crippen molar-refractivity contribution in [3.8, 4) is 0 Å². The maximum absolute atomic E-state index is 12.0. The Bertz CT molecular complexity index is 432. The Morgan fingerprint density at radius 2 is 1.33 bits per heavy atom. The summed E-state index contributed by atoms with van der Waals surface area (Å²) in [5.41, 5.74) is 6.09. The molecule has 0 aromatic heterocycles. The largest absolute Gasteiger partial charge is 0.373 e. The second kappa shape index (κ2) is 6.01. The van der Waals surface area contributed by atoms with E-state index in [1.807, 2.05) is 34.6 Å². The standard InChI is InChI=1S/C15H22O3/c1-7-8-17-18-15(16)14-12(5)10(3)9(2)11(4)13(14)6/h7-8H2,1-6H3. The predicted molar refractivity (Wildman–Crippen MR) is 71.8 cm³/mol. The lowest BCUT2D eigenvalue weighted by Crippen LogP contribution is -2.13. The minimum atomic E-state index is -0.398. The lowest BCUT2D eigenvalue weighted by atomic mass is 9.90. The third kappa shape index (κ3) is 2.72. The Balaban J connectivity index is 3.13. The quantitative estimate of drug-likeness (QED) is 0.464. The third-order valence-corrected chi connectivity index (χ3v) is 3.63. The molecule has 0 aliphatic carbocycles. The summed E-state index contributed by atoms with van der Waals surface area (Å²) in [6, 6.07) is 0. The minimum absolute atomic E-state index is 0.398. The first-order chi connectivity index (χ1) is 8.41. The van der Waals surface area contributed by atoms with Gasteiger partial charge in [-0.2, -0.15) is 4.89 Å². The van der Waals surface area contributed by atoms with Crippen LogP contribution in [0.3, 0.4) is 0 Å². The summed E-state index contributed by atoms with van der Waals surface area (Å²) >= 11 is 0. The molecule has 0 aliphatic heterocycles. The number of carbonyl (C=O) groups excluding carboxylic acids is 1. The molecule has 0 radical (unpaired) electrons. The van der Waals surface area contributed by atoms with Crippen molar-refractivity contribution in [3.05, 3.63) is 33.4 Å². The van der Waals surface area contributed by atoms with E-state index < -0.39 is 5.97 Å². The van der Waals surface area contributed by atoms with Crippen LogP contribution in [0, 0.1) is 34.6 Å². The first kappa shape index (κ1) is 14.7. The zero-order valence-corrected chi connectivity index (χ0v) is 12.1. The first-order valence-electron chi connectivity index (χ1n) is 6.32. The molecule has 0 bridgehead atoms. The fraction of sp³-hybridized carbons (Fsp3) is 0.533. The van der Waals surface area contributed by atoms with Crippen molar-refractivity contribution in [1.82, 2.24) is 0 Å². The third-order valence-electron chi connectivity index (χ3n) is 3.63. The van der Waals surface area contributed by atoms with Crippen molar-refractivity contribution >= 4 is 5.97 Å². The van der Waals surface area contributed by atoms with Crippen LogP contribution in [0.4, 0.5) is 0 Å². The molecule has 0 saturated heterocycles. The van der Waals surface area contributed by atoms with Crippen LogP contribution in [0.1, 0.15) is 51.5 Å². The molecular formula is C15H22O3. The molecule has 1 aromatic rings. The minimum Gasteiger partial charge on any atom is -0.293 e. The molecule has 0 fully saturated rings. The van der Waals surface area contributed by atoms with Crippen LogP contribution in [0.5, 0.6) is 0 Å². The fourth-order valence-electron chi connectivity index (χ4n) is 2.03. The SMILES string of the molecule is CCCOOC(=O)c1c(C)c(C)c(C)c(C)c1C. The number of carbonyl (C=O) groups is 1. The van der Waals surface area contributed by atoms with Crippen LogP contribution in [0.25, 0.3) is 0 Å². The van der Waals surface area contributed by atoms with E-state index in [-0.39, 0.29) is 0 Å². The molecule has 0 N–H and O–H groups in total. The molecule has 18 heavy (non-hydrogen) atoms. The molecule has 3 heteroatoms.